The standard InChI is InChI=1S/C16H18Cl2N6O/c1-23(9-14-20-6-4-13(19)22-14)10-5-7-24(8-10)16(25)15-11(17)2-3-12(18)21-15/h2-4,6,10H,5,7-9H2,1H3,(H2,19,20,22)/t10-/m0/s1. The Bertz CT molecular complexity index is 787. The van der Waals surface area contributed by atoms with Gasteiger partial charge in [0, 0.05) is 25.3 Å². The number of aromatic nitrogens is 3. The summed E-state index contributed by atoms with van der Waals surface area (Å²) in [5, 5.41) is 0.554. The fourth-order valence-electron chi connectivity index (χ4n) is 2.85. The minimum absolute atomic E-state index is 0.191. The Morgan fingerprint density at radius 1 is 1.36 bits per heavy atom. The number of pyridine rings is 1. The average Bonchev–Trinajstić information content (AvgIpc) is 3.06. The molecule has 2 N–H and O–H groups in total. The second-order valence-corrected chi connectivity index (χ2v) is 6.77. The first-order chi connectivity index (χ1) is 11.9. The van der Waals surface area contributed by atoms with Crippen LogP contribution in [0.15, 0.2) is 24.4 Å². The molecule has 3 heterocycles. The summed E-state index contributed by atoms with van der Waals surface area (Å²) < 4.78 is 0. The minimum Gasteiger partial charge on any atom is -0.384 e. The van der Waals surface area contributed by atoms with Gasteiger partial charge < -0.3 is 10.6 Å². The molecule has 0 saturated carbocycles. The van der Waals surface area contributed by atoms with Gasteiger partial charge in [0.1, 0.15) is 22.5 Å². The van der Waals surface area contributed by atoms with Crippen molar-refractivity contribution < 1.29 is 4.79 Å². The van der Waals surface area contributed by atoms with Crippen molar-refractivity contribution in [2.75, 3.05) is 25.9 Å². The summed E-state index contributed by atoms with van der Waals surface area (Å²) in [5.74, 6) is 0.902. The summed E-state index contributed by atoms with van der Waals surface area (Å²) >= 11 is 12.0. The van der Waals surface area contributed by atoms with Crippen molar-refractivity contribution >= 4 is 34.9 Å². The molecule has 0 unspecified atom stereocenters. The highest BCUT2D eigenvalue weighted by Gasteiger charge is 2.31. The van der Waals surface area contributed by atoms with Gasteiger partial charge in [0.05, 0.1) is 11.6 Å². The van der Waals surface area contributed by atoms with Crippen LogP contribution < -0.4 is 5.73 Å². The highest BCUT2D eigenvalue weighted by molar-refractivity contribution is 6.34. The van der Waals surface area contributed by atoms with Crippen LogP contribution in [0.1, 0.15) is 22.7 Å². The minimum atomic E-state index is -0.205. The molecule has 1 amide bonds. The Balaban J connectivity index is 1.64. The number of carbonyl (C=O) groups excluding carboxylic acids is 1. The molecule has 2 aromatic rings. The fourth-order valence-corrected chi connectivity index (χ4v) is 3.18. The van der Waals surface area contributed by atoms with Gasteiger partial charge in [0.15, 0.2) is 0 Å². The third-order valence-electron chi connectivity index (χ3n) is 4.21. The number of nitrogens with two attached hydrogens (primary N) is 1. The van der Waals surface area contributed by atoms with Crippen molar-refractivity contribution in [2.24, 2.45) is 0 Å². The zero-order chi connectivity index (χ0) is 18.0. The number of nitrogens with zero attached hydrogens (tertiary/aromatic N) is 5. The van der Waals surface area contributed by atoms with Gasteiger partial charge in [0.25, 0.3) is 5.91 Å². The van der Waals surface area contributed by atoms with Crippen LogP contribution in [0, 0.1) is 0 Å². The van der Waals surface area contributed by atoms with Crippen molar-refractivity contribution in [3.05, 3.63) is 46.1 Å². The number of nitrogen functional groups attached to an aromatic ring is 1. The number of likely N-dealkylation sites (tertiary alicyclic amines) is 1. The van der Waals surface area contributed by atoms with Gasteiger partial charge in [-0.15, -0.1) is 0 Å². The van der Waals surface area contributed by atoms with E-state index in [4.69, 9.17) is 28.9 Å². The van der Waals surface area contributed by atoms with E-state index in [9.17, 15) is 4.79 Å². The molecule has 0 aliphatic carbocycles. The van der Waals surface area contributed by atoms with Crippen LogP contribution in [0.5, 0.6) is 0 Å². The van der Waals surface area contributed by atoms with Crippen LogP contribution >= 0.6 is 23.2 Å². The fraction of sp³-hybridized carbons (Fsp3) is 0.375. The largest absolute Gasteiger partial charge is 0.384 e. The van der Waals surface area contributed by atoms with Gasteiger partial charge in [-0.3, -0.25) is 9.69 Å². The summed E-state index contributed by atoms with van der Waals surface area (Å²) in [6.07, 6.45) is 2.49. The Hall–Kier alpha value is -1.96. The molecule has 9 heteroatoms. The summed E-state index contributed by atoms with van der Waals surface area (Å²) in [4.78, 5) is 29.0. The number of rotatable bonds is 4. The van der Waals surface area contributed by atoms with Gasteiger partial charge in [-0.25, -0.2) is 15.0 Å². The van der Waals surface area contributed by atoms with Crippen LogP contribution in [0.2, 0.25) is 10.2 Å². The highest BCUT2D eigenvalue weighted by Crippen LogP contribution is 2.22. The van der Waals surface area contributed by atoms with E-state index in [0.29, 0.717) is 36.3 Å². The number of hydrogen-bond acceptors (Lipinski definition) is 6. The van der Waals surface area contributed by atoms with E-state index >= 15 is 0 Å². The lowest BCUT2D eigenvalue weighted by atomic mass is 10.2. The molecule has 0 spiro atoms. The second kappa shape index (κ2) is 7.51. The van der Waals surface area contributed by atoms with E-state index in [1.165, 1.54) is 0 Å². The average molecular weight is 381 g/mol. The number of likely N-dealkylation sites (N-methyl/N-ethyl adjacent to an activating group) is 1. The maximum Gasteiger partial charge on any atom is 0.274 e. The lowest BCUT2D eigenvalue weighted by molar-refractivity contribution is 0.0773. The topological polar surface area (TPSA) is 88.2 Å². The highest BCUT2D eigenvalue weighted by atomic mass is 35.5. The smallest absolute Gasteiger partial charge is 0.274 e. The van der Waals surface area contributed by atoms with E-state index in [1.54, 1.807) is 29.3 Å². The zero-order valence-corrected chi connectivity index (χ0v) is 15.2. The molecule has 25 heavy (non-hydrogen) atoms. The molecule has 1 saturated heterocycles. The van der Waals surface area contributed by atoms with Gasteiger partial charge in [-0.2, -0.15) is 0 Å². The number of hydrogen-bond donors (Lipinski definition) is 1. The molecule has 0 bridgehead atoms. The van der Waals surface area contributed by atoms with Crippen molar-refractivity contribution in [2.45, 2.75) is 19.0 Å². The Labute approximate surface area is 155 Å². The van der Waals surface area contributed by atoms with Crippen LogP contribution in [-0.2, 0) is 6.54 Å². The molecule has 0 aromatic carbocycles. The molecule has 1 fully saturated rings. The lowest BCUT2D eigenvalue weighted by Crippen LogP contribution is -2.36. The first kappa shape index (κ1) is 17.8. The maximum atomic E-state index is 12.7. The van der Waals surface area contributed by atoms with Crippen molar-refractivity contribution in [3.8, 4) is 0 Å². The molecule has 7 nitrogen and oxygen atoms in total. The van der Waals surface area contributed by atoms with Crippen LogP contribution in [-0.4, -0.2) is 56.8 Å². The molecule has 1 atom stereocenters. The third kappa shape index (κ3) is 4.18. The molecule has 2 aromatic heterocycles. The quantitative estimate of drug-likeness (QED) is 0.817. The van der Waals surface area contributed by atoms with Crippen LogP contribution in [0.25, 0.3) is 0 Å². The van der Waals surface area contributed by atoms with Crippen molar-refractivity contribution in [3.63, 3.8) is 0 Å². The van der Waals surface area contributed by atoms with E-state index < -0.39 is 0 Å². The van der Waals surface area contributed by atoms with Crippen LogP contribution in [0.4, 0.5) is 5.82 Å². The lowest BCUT2D eigenvalue weighted by Gasteiger charge is -2.24. The first-order valence-corrected chi connectivity index (χ1v) is 8.58. The van der Waals surface area contributed by atoms with Crippen LogP contribution in [0.3, 0.4) is 0 Å². The SMILES string of the molecule is CN(Cc1nccc(N)n1)[C@H]1CCN(C(=O)c2nc(Cl)ccc2Cl)C1. The number of amides is 1. The molecule has 132 valence electrons. The molecule has 0 radical (unpaired) electrons. The third-order valence-corrected chi connectivity index (χ3v) is 4.72. The molecular formula is C16H18Cl2N6O. The predicted octanol–water partition coefficient (Wildman–Crippen LogP) is 2.11. The zero-order valence-electron chi connectivity index (χ0n) is 13.7. The number of anilines is 1. The van der Waals surface area contributed by atoms with Crippen molar-refractivity contribution in [1.29, 1.82) is 0 Å². The van der Waals surface area contributed by atoms with E-state index in [1.807, 2.05) is 7.05 Å². The maximum absolute atomic E-state index is 12.7. The summed E-state index contributed by atoms with van der Waals surface area (Å²) in [5.41, 5.74) is 5.88. The molecule has 1 aliphatic rings. The van der Waals surface area contributed by atoms with Gasteiger partial charge in [-0.1, -0.05) is 23.2 Å². The molecule has 3 rings (SSSR count). The van der Waals surface area contributed by atoms with Gasteiger partial charge in [0.2, 0.25) is 0 Å². The summed E-state index contributed by atoms with van der Waals surface area (Å²) in [6.45, 7) is 1.78. The van der Waals surface area contributed by atoms with Gasteiger partial charge >= 0.3 is 0 Å². The summed E-state index contributed by atoms with van der Waals surface area (Å²) in [6, 6.07) is 5.00. The molecular weight excluding hydrogens is 363 g/mol. The number of halogens is 2. The Kier molecular flexibility index (Phi) is 5.36. The van der Waals surface area contributed by atoms with E-state index in [0.717, 1.165) is 6.42 Å². The van der Waals surface area contributed by atoms with Gasteiger partial charge in [-0.05, 0) is 31.7 Å². The summed E-state index contributed by atoms with van der Waals surface area (Å²) in [7, 11) is 1.98. The van der Waals surface area contributed by atoms with E-state index in [-0.39, 0.29) is 22.8 Å². The monoisotopic (exact) mass is 380 g/mol. The van der Waals surface area contributed by atoms with Crippen molar-refractivity contribution in [1.82, 2.24) is 24.8 Å². The normalized spacial score (nSPS) is 17.3. The Morgan fingerprint density at radius 2 is 2.16 bits per heavy atom. The Morgan fingerprint density at radius 3 is 2.92 bits per heavy atom. The second-order valence-electron chi connectivity index (χ2n) is 5.97. The first-order valence-electron chi connectivity index (χ1n) is 7.83. The molecule has 1 aliphatic heterocycles. The van der Waals surface area contributed by atoms with E-state index in [2.05, 4.69) is 19.9 Å². The predicted molar refractivity (Wildman–Crippen MR) is 96.5 cm³/mol. The number of carbonyl (C=O) groups is 1.